The molecule has 1 N–H and O–H groups in total. The molecule has 4 aromatic rings. The molecule has 0 fully saturated rings. The van der Waals surface area contributed by atoms with Gasteiger partial charge in [-0.1, -0.05) is 17.7 Å². The molecule has 0 saturated carbocycles. The normalized spacial score (nSPS) is 11.0. The van der Waals surface area contributed by atoms with Crippen LogP contribution in [0.3, 0.4) is 0 Å². The number of ether oxygens (including phenoxy) is 1. The molecule has 3 heterocycles. The van der Waals surface area contributed by atoms with E-state index >= 15 is 0 Å². The number of thiophene rings is 1. The first-order valence-corrected chi connectivity index (χ1v) is 9.18. The van der Waals surface area contributed by atoms with Crippen molar-refractivity contribution in [1.29, 1.82) is 0 Å². The van der Waals surface area contributed by atoms with E-state index in [0.717, 1.165) is 21.6 Å². The summed E-state index contributed by atoms with van der Waals surface area (Å²) < 4.78 is 6.86. The Kier molecular flexibility index (Phi) is 4.48. The van der Waals surface area contributed by atoms with E-state index in [9.17, 15) is 0 Å². The molecule has 6 nitrogen and oxygen atoms in total. The Hall–Kier alpha value is -2.64. The van der Waals surface area contributed by atoms with E-state index in [4.69, 9.17) is 16.3 Å². The lowest BCUT2D eigenvalue weighted by Gasteiger charge is -2.10. The van der Waals surface area contributed by atoms with E-state index in [1.165, 1.54) is 4.88 Å². The minimum Gasteiger partial charge on any atom is -0.495 e. The zero-order chi connectivity index (χ0) is 18.1. The molecule has 0 bridgehead atoms. The molecule has 0 aliphatic carbocycles. The van der Waals surface area contributed by atoms with Gasteiger partial charge >= 0.3 is 0 Å². The number of aromatic nitrogens is 4. The number of hydrogen-bond donors (Lipinski definition) is 1. The average molecular weight is 386 g/mol. The molecule has 3 aromatic heterocycles. The average Bonchev–Trinajstić information content (AvgIpc) is 3.28. The highest BCUT2D eigenvalue weighted by Crippen LogP contribution is 2.30. The largest absolute Gasteiger partial charge is 0.495 e. The van der Waals surface area contributed by atoms with Crippen molar-refractivity contribution in [2.24, 2.45) is 0 Å². The smallest absolute Gasteiger partial charge is 0.253 e. The fourth-order valence-electron chi connectivity index (χ4n) is 2.66. The second-order valence-corrected chi connectivity index (χ2v) is 7.36. The Morgan fingerprint density at radius 3 is 2.88 bits per heavy atom. The first kappa shape index (κ1) is 16.8. The van der Waals surface area contributed by atoms with Gasteiger partial charge in [0.1, 0.15) is 16.4 Å². The van der Waals surface area contributed by atoms with Gasteiger partial charge in [0.05, 0.1) is 17.5 Å². The van der Waals surface area contributed by atoms with Crippen LogP contribution in [0.4, 0.5) is 5.82 Å². The second kappa shape index (κ2) is 6.93. The molecule has 4 rings (SSSR count). The SMILES string of the molecule is COc1ccc(CNc2nc(-n3cccn3)nc3sc(C)cc23)cc1Cl. The van der Waals surface area contributed by atoms with Gasteiger partial charge in [-0.2, -0.15) is 15.1 Å². The summed E-state index contributed by atoms with van der Waals surface area (Å²) >= 11 is 7.85. The zero-order valence-electron chi connectivity index (χ0n) is 14.2. The van der Waals surface area contributed by atoms with Crippen LogP contribution in [-0.2, 0) is 6.54 Å². The van der Waals surface area contributed by atoms with Crippen LogP contribution in [0.5, 0.6) is 5.75 Å². The number of nitrogens with zero attached hydrogens (tertiary/aromatic N) is 4. The number of anilines is 1. The summed E-state index contributed by atoms with van der Waals surface area (Å²) in [4.78, 5) is 11.4. The van der Waals surface area contributed by atoms with Gasteiger partial charge in [-0.25, -0.2) is 4.68 Å². The number of methoxy groups -OCH3 is 1. The Bertz CT molecular complexity index is 1060. The number of halogens is 1. The van der Waals surface area contributed by atoms with Gasteiger partial charge in [-0.05, 0) is 36.8 Å². The van der Waals surface area contributed by atoms with Crippen LogP contribution < -0.4 is 10.1 Å². The third-order valence-corrected chi connectivity index (χ3v) is 5.13. The summed E-state index contributed by atoms with van der Waals surface area (Å²) in [7, 11) is 1.60. The second-order valence-electron chi connectivity index (χ2n) is 5.72. The maximum atomic E-state index is 6.21. The van der Waals surface area contributed by atoms with Crippen molar-refractivity contribution in [3.63, 3.8) is 0 Å². The molecule has 0 unspecified atom stereocenters. The molecule has 0 aliphatic rings. The number of aryl methyl sites for hydroxylation is 1. The minimum absolute atomic E-state index is 0.541. The summed E-state index contributed by atoms with van der Waals surface area (Å²) in [6.45, 7) is 2.65. The lowest BCUT2D eigenvalue weighted by atomic mass is 10.2. The third kappa shape index (κ3) is 3.23. The monoisotopic (exact) mass is 385 g/mol. The summed E-state index contributed by atoms with van der Waals surface area (Å²) in [6, 6.07) is 9.66. The van der Waals surface area contributed by atoms with Gasteiger partial charge in [-0.3, -0.25) is 0 Å². The van der Waals surface area contributed by atoms with Gasteiger partial charge in [0.15, 0.2) is 0 Å². The molecule has 0 atom stereocenters. The van der Waals surface area contributed by atoms with Crippen molar-refractivity contribution >= 4 is 39.0 Å². The van der Waals surface area contributed by atoms with Crippen LogP contribution in [0.2, 0.25) is 5.02 Å². The van der Waals surface area contributed by atoms with E-state index in [0.29, 0.717) is 23.3 Å². The summed E-state index contributed by atoms with van der Waals surface area (Å²) in [5.41, 5.74) is 1.04. The van der Waals surface area contributed by atoms with Crippen molar-refractivity contribution in [2.75, 3.05) is 12.4 Å². The highest BCUT2D eigenvalue weighted by molar-refractivity contribution is 7.18. The van der Waals surface area contributed by atoms with Crippen LogP contribution in [0, 0.1) is 6.92 Å². The van der Waals surface area contributed by atoms with Gasteiger partial charge in [0, 0.05) is 23.8 Å². The molecular formula is C18H16ClN5OS. The Morgan fingerprint density at radius 1 is 1.27 bits per heavy atom. The summed E-state index contributed by atoms with van der Waals surface area (Å²) in [5.74, 6) is 1.98. The molecule has 0 amide bonds. The molecule has 132 valence electrons. The number of nitrogens with one attached hydrogen (secondary N) is 1. The quantitative estimate of drug-likeness (QED) is 0.549. The summed E-state index contributed by atoms with van der Waals surface area (Å²) in [5, 5.41) is 9.22. The van der Waals surface area contributed by atoms with Gasteiger partial charge in [0.25, 0.3) is 5.95 Å². The number of rotatable bonds is 5. The topological polar surface area (TPSA) is 64.9 Å². The predicted octanol–water partition coefficient (Wildman–Crippen LogP) is 4.46. The highest BCUT2D eigenvalue weighted by atomic mass is 35.5. The van der Waals surface area contributed by atoms with Gasteiger partial charge in [0.2, 0.25) is 0 Å². The predicted molar refractivity (Wildman–Crippen MR) is 105 cm³/mol. The van der Waals surface area contributed by atoms with Crippen molar-refractivity contribution < 1.29 is 4.74 Å². The van der Waals surface area contributed by atoms with Crippen molar-refractivity contribution in [2.45, 2.75) is 13.5 Å². The molecule has 1 aromatic carbocycles. The number of fused-ring (bicyclic) bond motifs is 1. The maximum Gasteiger partial charge on any atom is 0.253 e. The highest BCUT2D eigenvalue weighted by Gasteiger charge is 2.12. The standard InChI is InChI=1S/C18H16ClN5OS/c1-11-8-13-16(20-10-12-4-5-15(25-2)14(19)9-12)22-18(23-17(13)26-11)24-7-3-6-21-24/h3-9H,10H2,1-2H3,(H,20,22,23). The first-order valence-electron chi connectivity index (χ1n) is 7.98. The van der Waals surface area contributed by atoms with Crippen LogP contribution in [0.15, 0.2) is 42.7 Å². The van der Waals surface area contributed by atoms with Crippen LogP contribution in [0.25, 0.3) is 16.2 Å². The van der Waals surface area contributed by atoms with Crippen LogP contribution in [-0.4, -0.2) is 26.9 Å². The number of benzene rings is 1. The van der Waals surface area contributed by atoms with Crippen LogP contribution >= 0.6 is 22.9 Å². The molecule has 0 spiro atoms. The van der Waals surface area contributed by atoms with Gasteiger partial charge in [-0.15, -0.1) is 11.3 Å². The van der Waals surface area contributed by atoms with E-state index in [-0.39, 0.29) is 0 Å². The molecular weight excluding hydrogens is 370 g/mol. The third-order valence-electron chi connectivity index (χ3n) is 3.89. The summed E-state index contributed by atoms with van der Waals surface area (Å²) in [6.07, 6.45) is 3.54. The van der Waals surface area contributed by atoms with E-state index in [1.807, 2.05) is 30.5 Å². The van der Waals surface area contributed by atoms with Crippen molar-refractivity contribution in [3.8, 4) is 11.7 Å². The molecule has 8 heteroatoms. The first-order chi connectivity index (χ1) is 12.6. The lowest BCUT2D eigenvalue weighted by Crippen LogP contribution is -2.07. The van der Waals surface area contributed by atoms with Crippen molar-refractivity contribution in [1.82, 2.24) is 19.7 Å². The van der Waals surface area contributed by atoms with Crippen molar-refractivity contribution in [3.05, 3.63) is 58.2 Å². The zero-order valence-corrected chi connectivity index (χ0v) is 15.8. The molecule has 26 heavy (non-hydrogen) atoms. The van der Waals surface area contributed by atoms with Gasteiger partial charge < -0.3 is 10.1 Å². The molecule has 0 radical (unpaired) electrons. The Balaban J connectivity index is 1.67. The van der Waals surface area contributed by atoms with E-state index in [2.05, 4.69) is 33.4 Å². The maximum absolute atomic E-state index is 6.21. The lowest BCUT2D eigenvalue weighted by molar-refractivity contribution is 0.415. The molecule has 0 saturated heterocycles. The Labute approximate surface area is 159 Å². The Morgan fingerprint density at radius 2 is 2.15 bits per heavy atom. The number of hydrogen-bond acceptors (Lipinski definition) is 6. The van der Waals surface area contributed by atoms with E-state index in [1.54, 1.807) is 29.3 Å². The fourth-order valence-corrected chi connectivity index (χ4v) is 3.82. The fraction of sp³-hybridized carbons (Fsp3) is 0.167. The molecule has 0 aliphatic heterocycles. The minimum atomic E-state index is 0.541. The van der Waals surface area contributed by atoms with Crippen LogP contribution in [0.1, 0.15) is 10.4 Å². The van der Waals surface area contributed by atoms with E-state index < -0.39 is 0 Å².